The van der Waals surface area contributed by atoms with Crippen LogP contribution in [-0.2, 0) is 9.53 Å². The lowest BCUT2D eigenvalue weighted by Crippen LogP contribution is -2.59. The van der Waals surface area contributed by atoms with Gasteiger partial charge in [-0.1, -0.05) is 37.1 Å². The Labute approximate surface area is 181 Å². The quantitative estimate of drug-likeness (QED) is 0.681. The Morgan fingerprint density at radius 1 is 1.23 bits per heavy atom. The summed E-state index contributed by atoms with van der Waals surface area (Å²) in [6, 6.07) is 6.36. The lowest BCUT2D eigenvalue weighted by Gasteiger charge is -2.48. The zero-order valence-corrected chi connectivity index (χ0v) is 18.0. The number of imidazole rings is 1. The summed E-state index contributed by atoms with van der Waals surface area (Å²) in [5.41, 5.74) is 0.756. The molecule has 0 bridgehead atoms. The third-order valence-corrected chi connectivity index (χ3v) is 7.07. The number of nitrogens with one attached hydrogen (secondary N) is 1. The van der Waals surface area contributed by atoms with Crippen LogP contribution in [0.25, 0.3) is 5.69 Å². The minimum atomic E-state index is -0.296. The minimum absolute atomic E-state index is 0.00648. The van der Waals surface area contributed by atoms with Crippen LogP contribution in [0.15, 0.2) is 41.8 Å². The van der Waals surface area contributed by atoms with E-state index in [2.05, 4.69) is 15.2 Å². The van der Waals surface area contributed by atoms with Crippen molar-refractivity contribution in [1.29, 1.82) is 0 Å². The number of aromatic nitrogens is 2. The number of hydrogen-bond acceptors (Lipinski definition) is 5. The van der Waals surface area contributed by atoms with Gasteiger partial charge >= 0.3 is 0 Å². The number of amides is 1. The molecule has 0 unspecified atom stereocenters. The van der Waals surface area contributed by atoms with Crippen LogP contribution in [-0.4, -0.2) is 64.5 Å². The van der Waals surface area contributed by atoms with Gasteiger partial charge in [0.15, 0.2) is 5.16 Å². The average Bonchev–Trinajstić information content (AvgIpc) is 3.26. The molecule has 0 atom stereocenters. The maximum Gasteiger partial charge on any atom is 0.230 e. The van der Waals surface area contributed by atoms with Crippen LogP contribution in [0.1, 0.15) is 32.1 Å². The summed E-state index contributed by atoms with van der Waals surface area (Å²) < 4.78 is 20.9. The molecule has 2 aliphatic rings. The van der Waals surface area contributed by atoms with Crippen molar-refractivity contribution in [2.24, 2.45) is 0 Å². The molecule has 1 aliphatic heterocycles. The molecule has 2 heterocycles. The van der Waals surface area contributed by atoms with Gasteiger partial charge < -0.3 is 10.1 Å². The van der Waals surface area contributed by atoms with Crippen molar-refractivity contribution in [3.63, 3.8) is 0 Å². The van der Waals surface area contributed by atoms with Crippen LogP contribution in [0.2, 0.25) is 0 Å². The molecule has 2 fully saturated rings. The summed E-state index contributed by atoms with van der Waals surface area (Å²) in [4.78, 5) is 19.5. The van der Waals surface area contributed by atoms with Gasteiger partial charge in [-0.3, -0.25) is 14.3 Å². The highest BCUT2D eigenvalue weighted by Gasteiger charge is 2.38. The van der Waals surface area contributed by atoms with Crippen LogP contribution in [0.5, 0.6) is 0 Å². The lowest BCUT2D eigenvalue weighted by atomic mass is 9.79. The number of halogens is 1. The van der Waals surface area contributed by atoms with E-state index in [0.717, 1.165) is 39.1 Å². The standard InChI is InChI=1S/C22H29FN4O2S/c23-18-5-4-6-19(15-18)27-10-9-24-21(27)30-16-20(28)25-17-22(7-2-1-3-8-22)26-11-13-29-14-12-26/h4-6,9-10,15H,1-3,7-8,11-14,16-17H2,(H,25,28). The van der Waals surface area contributed by atoms with Gasteiger partial charge in [-0.05, 0) is 31.0 Å². The number of nitrogens with zero attached hydrogens (tertiary/aromatic N) is 3. The monoisotopic (exact) mass is 432 g/mol. The van der Waals surface area contributed by atoms with Crippen LogP contribution in [0, 0.1) is 5.82 Å². The van der Waals surface area contributed by atoms with Crippen molar-refractivity contribution < 1.29 is 13.9 Å². The number of morpholine rings is 1. The van der Waals surface area contributed by atoms with Gasteiger partial charge in [0.2, 0.25) is 5.91 Å². The van der Waals surface area contributed by atoms with E-state index in [1.54, 1.807) is 23.0 Å². The van der Waals surface area contributed by atoms with Crippen molar-refractivity contribution in [2.75, 3.05) is 38.6 Å². The van der Waals surface area contributed by atoms with Crippen molar-refractivity contribution >= 4 is 17.7 Å². The van der Waals surface area contributed by atoms with Crippen LogP contribution >= 0.6 is 11.8 Å². The van der Waals surface area contributed by atoms with Crippen LogP contribution in [0.4, 0.5) is 4.39 Å². The van der Waals surface area contributed by atoms with E-state index < -0.39 is 0 Å². The van der Waals surface area contributed by atoms with Gasteiger partial charge in [0.25, 0.3) is 0 Å². The molecular weight excluding hydrogens is 403 g/mol. The molecular formula is C22H29FN4O2S. The van der Waals surface area contributed by atoms with Gasteiger partial charge in [-0.15, -0.1) is 0 Å². The molecule has 2 aromatic rings. The van der Waals surface area contributed by atoms with Crippen LogP contribution < -0.4 is 5.32 Å². The summed E-state index contributed by atoms with van der Waals surface area (Å²) in [5, 5.41) is 3.86. The smallest absolute Gasteiger partial charge is 0.230 e. The van der Waals surface area contributed by atoms with Crippen molar-refractivity contribution in [2.45, 2.75) is 42.8 Å². The summed E-state index contributed by atoms with van der Waals surface area (Å²) in [6.45, 7) is 4.11. The second-order valence-electron chi connectivity index (χ2n) is 8.01. The molecule has 1 aliphatic carbocycles. The third kappa shape index (κ3) is 5.04. The Bertz CT molecular complexity index is 847. The topological polar surface area (TPSA) is 59.4 Å². The molecule has 4 rings (SSSR count). The number of ether oxygens (including phenoxy) is 1. The predicted octanol–water partition coefficient (Wildman–Crippen LogP) is 3.25. The molecule has 6 nitrogen and oxygen atoms in total. The molecule has 1 saturated heterocycles. The molecule has 0 spiro atoms. The van der Waals surface area contributed by atoms with E-state index in [4.69, 9.17) is 4.74 Å². The largest absolute Gasteiger partial charge is 0.379 e. The molecule has 1 amide bonds. The Kier molecular flexibility index (Phi) is 7.07. The minimum Gasteiger partial charge on any atom is -0.379 e. The number of hydrogen-bond donors (Lipinski definition) is 1. The summed E-state index contributed by atoms with van der Waals surface area (Å²) in [7, 11) is 0. The maximum atomic E-state index is 13.6. The fourth-order valence-corrected chi connectivity index (χ4v) is 5.32. The molecule has 1 aromatic heterocycles. The summed E-state index contributed by atoms with van der Waals surface area (Å²) >= 11 is 1.37. The van der Waals surface area contributed by atoms with Crippen molar-refractivity contribution in [3.8, 4) is 5.69 Å². The first kappa shape index (κ1) is 21.3. The van der Waals surface area contributed by atoms with E-state index in [1.165, 1.54) is 43.2 Å². The fourth-order valence-electron chi connectivity index (χ4n) is 4.52. The highest BCUT2D eigenvalue weighted by Crippen LogP contribution is 2.34. The first-order chi connectivity index (χ1) is 14.7. The van der Waals surface area contributed by atoms with Crippen molar-refractivity contribution in [3.05, 3.63) is 42.5 Å². The first-order valence-electron chi connectivity index (χ1n) is 10.7. The third-order valence-electron chi connectivity index (χ3n) is 6.11. The molecule has 162 valence electrons. The molecule has 30 heavy (non-hydrogen) atoms. The van der Waals surface area contributed by atoms with E-state index in [9.17, 15) is 9.18 Å². The highest BCUT2D eigenvalue weighted by molar-refractivity contribution is 7.99. The lowest BCUT2D eigenvalue weighted by molar-refractivity contribution is -0.119. The second-order valence-corrected chi connectivity index (χ2v) is 8.95. The van der Waals surface area contributed by atoms with E-state index in [0.29, 0.717) is 17.4 Å². The first-order valence-corrected chi connectivity index (χ1v) is 11.7. The Morgan fingerprint density at radius 2 is 2.03 bits per heavy atom. The maximum absolute atomic E-state index is 13.6. The molecule has 1 N–H and O–H groups in total. The number of carbonyl (C=O) groups excluding carboxylic acids is 1. The van der Waals surface area contributed by atoms with E-state index in [1.807, 2.05) is 6.07 Å². The predicted molar refractivity (Wildman–Crippen MR) is 115 cm³/mol. The van der Waals surface area contributed by atoms with E-state index >= 15 is 0 Å². The molecule has 0 radical (unpaired) electrons. The normalized spacial score (nSPS) is 19.5. The van der Waals surface area contributed by atoms with Crippen molar-refractivity contribution in [1.82, 2.24) is 19.8 Å². The Hall–Kier alpha value is -1.90. The van der Waals surface area contributed by atoms with Gasteiger partial charge in [0.05, 0.1) is 24.7 Å². The zero-order valence-electron chi connectivity index (χ0n) is 17.2. The number of carbonyl (C=O) groups is 1. The highest BCUT2D eigenvalue weighted by atomic mass is 32.2. The number of benzene rings is 1. The SMILES string of the molecule is O=C(CSc1nccn1-c1cccc(F)c1)NCC1(N2CCOCC2)CCCCC1. The fraction of sp³-hybridized carbons (Fsp3) is 0.545. The van der Waals surface area contributed by atoms with Gasteiger partial charge in [-0.25, -0.2) is 9.37 Å². The Morgan fingerprint density at radius 3 is 2.80 bits per heavy atom. The second kappa shape index (κ2) is 9.94. The van der Waals surface area contributed by atoms with E-state index in [-0.39, 0.29) is 23.0 Å². The van der Waals surface area contributed by atoms with Gasteiger partial charge in [0.1, 0.15) is 5.82 Å². The van der Waals surface area contributed by atoms with Crippen LogP contribution in [0.3, 0.4) is 0 Å². The summed E-state index contributed by atoms with van der Waals surface area (Å²) in [5.74, 6) is -0.00583. The molecule has 1 aromatic carbocycles. The summed E-state index contributed by atoms with van der Waals surface area (Å²) in [6.07, 6.45) is 9.42. The molecule has 1 saturated carbocycles. The zero-order chi connectivity index (χ0) is 20.8. The number of thioether (sulfide) groups is 1. The molecule has 8 heteroatoms. The number of rotatable bonds is 7. The Balaban J connectivity index is 1.34. The van der Waals surface area contributed by atoms with Gasteiger partial charge in [-0.2, -0.15) is 0 Å². The average molecular weight is 433 g/mol. The van der Waals surface area contributed by atoms with Gasteiger partial charge in [0, 0.05) is 37.6 Å².